The maximum absolute atomic E-state index is 8.67. The number of nitrogens with one attached hydrogen (secondary N) is 1. The van der Waals surface area contributed by atoms with Gasteiger partial charge in [-0.1, -0.05) is 18.2 Å². The van der Waals surface area contributed by atoms with E-state index >= 15 is 0 Å². The zero-order chi connectivity index (χ0) is 13.9. The van der Waals surface area contributed by atoms with Crippen LogP contribution in [0.25, 0.3) is 10.9 Å². The molecule has 1 saturated heterocycles. The summed E-state index contributed by atoms with van der Waals surface area (Å²) in [7, 11) is 0. The van der Waals surface area contributed by atoms with Crippen LogP contribution in [0.15, 0.2) is 24.3 Å². The van der Waals surface area contributed by atoms with Crippen LogP contribution >= 0.6 is 0 Å². The number of hydrogen-bond acceptors (Lipinski definition) is 2. The van der Waals surface area contributed by atoms with Crippen LogP contribution < -0.4 is 0 Å². The van der Waals surface area contributed by atoms with E-state index in [1.54, 1.807) is 0 Å². The molecule has 1 N–H and O–H groups in total. The zero-order valence-corrected chi connectivity index (χ0v) is 12.0. The second kappa shape index (κ2) is 5.68. The third-order valence-electron chi connectivity index (χ3n) is 4.48. The summed E-state index contributed by atoms with van der Waals surface area (Å²) in [6.07, 6.45) is 3.05. The Morgan fingerprint density at radius 1 is 1.30 bits per heavy atom. The van der Waals surface area contributed by atoms with Gasteiger partial charge in [0.25, 0.3) is 0 Å². The van der Waals surface area contributed by atoms with Crippen molar-refractivity contribution in [2.24, 2.45) is 0 Å². The molecule has 1 aliphatic rings. The molecule has 0 atom stereocenters. The lowest BCUT2D eigenvalue weighted by Gasteiger charge is -2.31. The summed E-state index contributed by atoms with van der Waals surface area (Å²) in [5.74, 6) is 0.657. The van der Waals surface area contributed by atoms with Crippen LogP contribution in [0.3, 0.4) is 0 Å². The number of aromatic nitrogens is 1. The summed E-state index contributed by atoms with van der Waals surface area (Å²) in [6.45, 7) is 5.35. The summed E-state index contributed by atoms with van der Waals surface area (Å²) >= 11 is 0. The third-order valence-corrected chi connectivity index (χ3v) is 4.48. The van der Waals surface area contributed by atoms with Crippen LogP contribution in [-0.4, -0.2) is 29.5 Å². The number of nitrogens with zero attached hydrogens (tertiary/aromatic N) is 2. The van der Waals surface area contributed by atoms with Crippen molar-refractivity contribution in [1.82, 2.24) is 9.88 Å². The Balaban J connectivity index is 1.77. The van der Waals surface area contributed by atoms with Crippen molar-refractivity contribution in [1.29, 1.82) is 5.26 Å². The Hall–Kier alpha value is -1.79. The summed E-state index contributed by atoms with van der Waals surface area (Å²) < 4.78 is 0. The number of fused-ring (bicyclic) bond motifs is 1. The average molecular weight is 267 g/mol. The summed E-state index contributed by atoms with van der Waals surface area (Å²) in [5.41, 5.74) is 4.09. The van der Waals surface area contributed by atoms with Crippen molar-refractivity contribution in [3.8, 4) is 6.07 Å². The SMILES string of the molecule is Cc1[nH]c2ccccc2c1C1CCN(CCC#N)CC1. The van der Waals surface area contributed by atoms with Crippen molar-refractivity contribution >= 4 is 10.9 Å². The van der Waals surface area contributed by atoms with Crippen LogP contribution in [-0.2, 0) is 0 Å². The monoisotopic (exact) mass is 267 g/mol. The second-order valence-corrected chi connectivity index (χ2v) is 5.73. The van der Waals surface area contributed by atoms with E-state index in [9.17, 15) is 0 Å². The van der Waals surface area contributed by atoms with Crippen LogP contribution in [0.4, 0.5) is 0 Å². The van der Waals surface area contributed by atoms with Gasteiger partial charge in [-0.25, -0.2) is 0 Å². The molecule has 0 bridgehead atoms. The smallest absolute Gasteiger partial charge is 0.0635 e. The maximum atomic E-state index is 8.67. The highest BCUT2D eigenvalue weighted by molar-refractivity contribution is 5.85. The molecule has 2 aromatic rings. The molecule has 1 fully saturated rings. The molecular weight excluding hydrogens is 246 g/mol. The highest BCUT2D eigenvalue weighted by Crippen LogP contribution is 2.35. The Kier molecular flexibility index (Phi) is 3.75. The molecule has 3 nitrogen and oxygen atoms in total. The minimum absolute atomic E-state index is 0.650. The molecule has 1 aromatic heterocycles. The molecule has 3 rings (SSSR count). The molecule has 0 radical (unpaired) electrons. The topological polar surface area (TPSA) is 42.8 Å². The number of likely N-dealkylation sites (tertiary alicyclic amines) is 1. The lowest BCUT2D eigenvalue weighted by molar-refractivity contribution is 0.217. The molecule has 20 heavy (non-hydrogen) atoms. The first kappa shape index (κ1) is 13.2. The number of piperidine rings is 1. The fraction of sp³-hybridized carbons (Fsp3) is 0.471. The van der Waals surface area contributed by atoms with Crippen molar-refractivity contribution in [2.45, 2.75) is 32.1 Å². The zero-order valence-electron chi connectivity index (χ0n) is 12.0. The molecule has 0 amide bonds. The number of aryl methyl sites for hydroxylation is 1. The van der Waals surface area contributed by atoms with Crippen LogP contribution in [0.1, 0.15) is 36.4 Å². The van der Waals surface area contributed by atoms with Crippen molar-refractivity contribution in [3.05, 3.63) is 35.5 Å². The van der Waals surface area contributed by atoms with E-state index in [1.807, 2.05) is 0 Å². The Bertz CT molecular complexity index is 627. The predicted octanol–water partition coefficient (Wildman–Crippen LogP) is 3.57. The van der Waals surface area contributed by atoms with Crippen LogP contribution in [0.5, 0.6) is 0 Å². The molecule has 0 saturated carbocycles. The van der Waals surface area contributed by atoms with E-state index in [0.29, 0.717) is 12.3 Å². The molecule has 0 aliphatic carbocycles. The first-order valence-corrected chi connectivity index (χ1v) is 7.46. The average Bonchev–Trinajstić information content (AvgIpc) is 2.81. The minimum atomic E-state index is 0.650. The quantitative estimate of drug-likeness (QED) is 0.923. The van der Waals surface area contributed by atoms with Gasteiger partial charge in [-0.2, -0.15) is 5.26 Å². The number of aromatic amines is 1. The standard InChI is InChI=1S/C17H21N3/c1-13-17(15-5-2-3-6-16(15)19-13)14-7-11-20(12-8-14)10-4-9-18/h2-3,5-6,14,19H,4,7-8,10-12H2,1H3. The Morgan fingerprint density at radius 2 is 2.05 bits per heavy atom. The number of para-hydroxylation sites is 1. The number of nitriles is 1. The van der Waals surface area contributed by atoms with Gasteiger partial charge in [0.2, 0.25) is 0 Å². The molecular formula is C17H21N3. The van der Waals surface area contributed by atoms with Crippen molar-refractivity contribution in [3.63, 3.8) is 0 Å². The van der Waals surface area contributed by atoms with Gasteiger partial charge in [-0.15, -0.1) is 0 Å². The molecule has 0 unspecified atom stereocenters. The highest BCUT2D eigenvalue weighted by Gasteiger charge is 2.24. The summed E-state index contributed by atoms with van der Waals surface area (Å²) in [6, 6.07) is 10.8. The minimum Gasteiger partial charge on any atom is -0.358 e. The first-order valence-electron chi connectivity index (χ1n) is 7.46. The fourth-order valence-electron chi connectivity index (χ4n) is 3.48. The fourth-order valence-corrected chi connectivity index (χ4v) is 3.48. The molecule has 3 heteroatoms. The van der Waals surface area contributed by atoms with E-state index in [1.165, 1.54) is 35.0 Å². The normalized spacial score (nSPS) is 17.4. The van der Waals surface area contributed by atoms with Crippen LogP contribution in [0, 0.1) is 18.3 Å². The number of H-pyrrole nitrogens is 1. The lowest BCUT2D eigenvalue weighted by Crippen LogP contribution is -2.33. The number of benzene rings is 1. The van der Waals surface area contributed by atoms with E-state index in [2.05, 4.69) is 47.1 Å². The largest absolute Gasteiger partial charge is 0.358 e. The van der Waals surface area contributed by atoms with Gasteiger partial charge in [0.05, 0.1) is 6.07 Å². The predicted molar refractivity (Wildman–Crippen MR) is 81.7 cm³/mol. The summed E-state index contributed by atoms with van der Waals surface area (Å²) in [5, 5.41) is 10.1. The van der Waals surface area contributed by atoms with Gasteiger partial charge in [0.15, 0.2) is 0 Å². The Morgan fingerprint density at radius 3 is 2.80 bits per heavy atom. The maximum Gasteiger partial charge on any atom is 0.0635 e. The molecule has 0 spiro atoms. The van der Waals surface area contributed by atoms with Crippen molar-refractivity contribution in [2.75, 3.05) is 19.6 Å². The molecule has 104 valence electrons. The van der Waals surface area contributed by atoms with Gasteiger partial charge in [-0.3, -0.25) is 0 Å². The van der Waals surface area contributed by atoms with E-state index in [0.717, 1.165) is 19.6 Å². The number of hydrogen-bond donors (Lipinski definition) is 1. The third kappa shape index (κ3) is 2.44. The molecule has 1 aromatic carbocycles. The highest BCUT2D eigenvalue weighted by atomic mass is 15.1. The van der Waals surface area contributed by atoms with Gasteiger partial charge >= 0.3 is 0 Å². The number of rotatable bonds is 3. The van der Waals surface area contributed by atoms with E-state index < -0.39 is 0 Å². The van der Waals surface area contributed by atoms with Gasteiger partial charge < -0.3 is 9.88 Å². The lowest BCUT2D eigenvalue weighted by atomic mass is 9.87. The second-order valence-electron chi connectivity index (χ2n) is 5.73. The van der Waals surface area contributed by atoms with Crippen LogP contribution in [0.2, 0.25) is 0 Å². The molecule has 2 heterocycles. The van der Waals surface area contributed by atoms with Gasteiger partial charge in [0, 0.05) is 29.6 Å². The summed E-state index contributed by atoms with van der Waals surface area (Å²) in [4.78, 5) is 5.93. The molecule has 1 aliphatic heterocycles. The van der Waals surface area contributed by atoms with Gasteiger partial charge in [-0.05, 0) is 50.4 Å². The van der Waals surface area contributed by atoms with E-state index in [4.69, 9.17) is 5.26 Å². The van der Waals surface area contributed by atoms with E-state index in [-0.39, 0.29) is 0 Å². The Labute approximate surface area is 120 Å². The van der Waals surface area contributed by atoms with Crippen molar-refractivity contribution < 1.29 is 0 Å². The first-order chi connectivity index (χ1) is 9.79. The van der Waals surface area contributed by atoms with Gasteiger partial charge in [0.1, 0.15) is 0 Å².